The fourth-order valence-electron chi connectivity index (χ4n) is 2.39. The minimum absolute atomic E-state index is 0.709. The molecule has 2 rings (SSSR count). The average molecular weight is 249 g/mol. The number of likely N-dealkylation sites (tertiary alicyclic amines) is 1. The SMILES string of the molecule is Cc1nc(CCN2CCCCC2C)sc1C#N. The Bertz CT molecular complexity index is 419. The molecule has 0 N–H and O–H groups in total. The molecule has 0 bridgehead atoms. The van der Waals surface area contributed by atoms with Crippen molar-refractivity contribution in [2.75, 3.05) is 13.1 Å². The van der Waals surface area contributed by atoms with E-state index in [0.29, 0.717) is 6.04 Å². The van der Waals surface area contributed by atoms with Crippen molar-refractivity contribution in [1.82, 2.24) is 9.88 Å². The molecule has 1 unspecified atom stereocenters. The second kappa shape index (κ2) is 5.61. The third kappa shape index (κ3) is 3.05. The minimum atomic E-state index is 0.709. The first-order valence-electron chi connectivity index (χ1n) is 6.31. The lowest BCUT2D eigenvalue weighted by atomic mass is 10.0. The van der Waals surface area contributed by atoms with Crippen LogP contribution in [0.2, 0.25) is 0 Å². The molecule has 92 valence electrons. The standard InChI is InChI=1S/C13H19N3S/c1-10-5-3-4-7-16(10)8-6-13-15-11(2)12(9-14)17-13/h10H,3-8H2,1-2H3. The Morgan fingerprint density at radius 2 is 2.35 bits per heavy atom. The molecule has 3 nitrogen and oxygen atoms in total. The first-order valence-corrected chi connectivity index (χ1v) is 7.13. The Balaban J connectivity index is 1.90. The molecular formula is C13H19N3S. The predicted molar refractivity (Wildman–Crippen MR) is 70.2 cm³/mol. The first-order chi connectivity index (χ1) is 8.20. The molecule has 1 aromatic rings. The number of nitrogens with zero attached hydrogens (tertiary/aromatic N) is 3. The van der Waals surface area contributed by atoms with Gasteiger partial charge in [-0.3, -0.25) is 0 Å². The maximum Gasteiger partial charge on any atom is 0.127 e. The van der Waals surface area contributed by atoms with Gasteiger partial charge in [0.25, 0.3) is 0 Å². The molecule has 1 aromatic heterocycles. The third-order valence-corrected chi connectivity index (χ3v) is 4.62. The molecule has 0 radical (unpaired) electrons. The molecule has 4 heteroatoms. The molecule has 2 heterocycles. The molecular weight excluding hydrogens is 230 g/mol. The lowest BCUT2D eigenvalue weighted by Crippen LogP contribution is -2.38. The van der Waals surface area contributed by atoms with Gasteiger partial charge in [0.1, 0.15) is 10.9 Å². The van der Waals surface area contributed by atoms with Gasteiger partial charge in [0.2, 0.25) is 0 Å². The van der Waals surface area contributed by atoms with Crippen LogP contribution in [0.5, 0.6) is 0 Å². The summed E-state index contributed by atoms with van der Waals surface area (Å²) < 4.78 is 0. The first kappa shape index (κ1) is 12.5. The highest BCUT2D eigenvalue weighted by Gasteiger charge is 2.18. The number of hydrogen-bond acceptors (Lipinski definition) is 4. The van der Waals surface area contributed by atoms with Crippen molar-refractivity contribution in [2.45, 2.75) is 45.6 Å². The Kier molecular flexibility index (Phi) is 4.14. The van der Waals surface area contributed by atoms with Crippen LogP contribution in [0, 0.1) is 18.3 Å². The van der Waals surface area contributed by atoms with Gasteiger partial charge in [-0.05, 0) is 33.2 Å². The van der Waals surface area contributed by atoms with Gasteiger partial charge in [-0.2, -0.15) is 5.26 Å². The van der Waals surface area contributed by atoms with Crippen LogP contribution >= 0.6 is 11.3 Å². The van der Waals surface area contributed by atoms with Crippen molar-refractivity contribution in [2.24, 2.45) is 0 Å². The predicted octanol–water partition coefficient (Wildman–Crippen LogP) is 2.74. The summed E-state index contributed by atoms with van der Waals surface area (Å²) >= 11 is 1.55. The van der Waals surface area contributed by atoms with Gasteiger partial charge in [-0.15, -0.1) is 11.3 Å². The number of rotatable bonds is 3. The van der Waals surface area contributed by atoms with Gasteiger partial charge in [0.15, 0.2) is 0 Å². The Hall–Kier alpha value is -0.920. The highest BCUT2D eigenvalue weighted by Crippen LogP contribution is 2.20. The zero-order chi connectivity index (χ0) is 12.3. The van der Waals surface area contributed by atoms with E-state index >= 15 is 0 Å². The van der Waals surface area contributed by atoms with E-state index in [2.05, 4.69) is 22.9 Å². The van der Waals surface area contributed by atoms with Gasteiger partial charge in [-0.25, -0.2) is 4.98 Å². The summed E-state index contributed by atoms with van der Waals surface area (Å²) in [5.74, 6) is 0. The van der Waals surface area contributed by atoms with Crippen molar-refractivity contribution in [3.8, 4) is 6.07 Å². The molecule has 0 saturated carbocycles. The van der Waals surface area contributed by atoms with Crippen LogP contribution in [0.15, 0.2) is 0 Å². The van der Waals surface area contributed by atoms with Gasteiger partial charge < -0.3 is 4.90 Å². The molecule has 1 aliphatic heterocycles. The molecule has 0 amide bonds. The maximum atomic E-state index is 8.90. The van der Waals surface area contributed by atoms with Crippen LogP contribution in [0.1, 0.15) is 41.8 Å². The summed E-state index contributed by atoms with van der Waals surface area (Å²) in [6.07, 6.45) is 5.00. The van der Waals surface area contributed by atoms with Crippen molar-refractivity contribution in [3.63, 3.8) is 0 Å². The minimum Gasteiger partial charge on any atom is -0.300 e. The number of nitriles is 1. The van der Waals surface area contributed by atoms with Crippen molar-refractivity contribution >= 4 is 11.3 Å². The zero-order valence-corrected chi connectivity index (χ0v) is 11.4. The molecule has 1 saturated heterocycles. The Morgan fingerprint density at radius 3 is 3.00 bits per heavy atom. The normalized spacial score (nSPS) is 21.4. The van der Waals surface area contributed by atoms with Gasteiger partial charge in [0, 0.05) is 19.0 Å². The van der Waals surface area contributed by atoms with Crippen LogP contribution in [-0.4, -0.2) is 29.0 Å². The summed E-state index contributed by atoms with van der Waals surface area (Å²) in [5.41, 5.74) is 0.888. The Labute approximate surface area is 107 Å². The average Bonchev–Trinajstić information content (AvgIpc) is 2.69. The number of aromatic nitrogens is 1. The van der Waals surface area contributed by atoms with E-state index in [0.717, 1.165) is 28.5 Å². The topological polar surface area (TPSA) is 39.9 Å². The number of piperidine rings is 1. The second-order valence-corrected chi connectivity index (χ2v) is 5.85. The van der Waals surface area contributed by atoms with E-state index in [-0.39, 0.29) is 0 Å². The van der Waals surface area contributed by atoms with E-state index in [9.17, 15) is 0 Å². The monoisotopic (exact) mass is 249 g/mol. The largest absolute Gasteiger partial charge is 0.300 e. The number of hydrogen-bond donors (Lipinski definition) is 0. The summed E-state index contributed by atoms with van der Waals surface area (Å²) in [6.45, 7) is 6.53. The highest BCUT2D eigenvalue weighted by atomic mass is 32.1. The third-order valence-electron chi connectivity index (χ3n) is 3.50. The summed E-state index contributed by atoms with van der Waals surface area (Å²) in [4.78, 5) is 7.78. The molecule has 0 aromatic carbocycles. The smallest absolute Gasteiger partial charge is 0.127 e. The summed E-state index contributed by atoms with van der Waals surface area (Å²) in [7, 11) is 0. The van der Waals surface area contributed by atoms with Crippen LogP contribution in [0.3, 0.4) is 0 Å². The van der Waals surface area contributed by atoms with Crippen LogP contribution < -0.4 is 0 Å². The quantitative estimate of drug-likeness (QED) is 0.827. The van der Waals surface area contributed by atoms with Gasteiger partial charge in [0.05, 0.1) is 10.7 Å². The van der Waals surface area contributed by atoms with Crippen molar-refractivity contribution in [3.05, 3.63) is 15.6 Å². The fraction of sp³-hybridized carbons (Fsp3) is 0.692. The molecule has 1 fully saturated rings. The summed E-state index contributed by atoms with van der Waals surface area (Å²) in [6, 6.07) is 2.91. The summed E-state index contributed by atoms with van der Waals surface area (Å²) in [5, 5.41) is 10.0. The zero-order valence-electron chi connectivity index (χ0n) is 10.6. The molecule has 1 atom stereocenters. The van der Waals surface area contributed by atoms with Crippen molar-refractivity contribution < 1.29 is 0 Å². The van der Waals surface area contributed by atoms with Crippen LogP contribution in [0.4, 0.5) is 0 Å². The lowest BCUT2D eigenvalue weighted by molar-refractivity contribution is 0.163. The second-order valence-electron chi connectivity index (χ2n) is 4.76. The molecule has 0 spiro atoms. The van der Waals surface area contributed by atoms with Gasteiger partial charge in [-0.1, -0.05) is 6.42 Å². The van der Waals surface area contributed by atoms with E-state index in [4.69, 9.17) is 5.26 Å². The lowest BCUT2D eigenvalue weighted by Gasteiger charge is -2.32. The molecule has 1 aliphatic rings. The van der Waals surface area contributed by atoms with E-state index in [1.54, 1.807) is 11.3 Å². The maximum absolute atomic E-state index is 8.90. The van der Waals surface area contributed by atoms with Crippen LogP contribution in [-0.2, 0) is 6.42 Å². The number of aryl methyl sites for hydroxylation is 1. The van der Waals surface area contributed by atoms with Crippen molar-refractivity contribution in [1.29, 1.82) is 5.26 Å². The number of thiazole rings is 1. The Morgan fingerprint density at radius 1 is 1.53 bits per heavy atom. The molecule has 0 aliphatic carbocycles. The highest BCUT2D eigenvalue weighted by molar-refractivity contribution is 7.12. The van der Waals surface area contributed by atoms with E-state index in [1.165, 1.54) is 25.8 Å². The van der Waals surface area contributed by atoms with E-state index < -0.39 is 0 Å². The van der Waals surface area contributed by atoms with Gasteiger partial charge >= 0.3 is 0 Å². The fourth-order valence-corrected chi connectivity index (χ4v) is 3.24. The molecule has 17 heavy (non-hydrogen) atoms. The van der Waals surface area contributed by atoms with Crippen LogP contribution in [0.25, 0.3) is 0 Å². The van der Waals surface area contributed by atoms with E-state index in [1.807, 2.05) is 6.92 Å².